The first-order valence-corrected chi connectivity index (χ1v) is 13.7. The van der Waals surface area contributed by atoms with Crippen molar-refractivity contribution in [1.82, 2.24) is 14.5 Å². The number of fused-ring (bicyclic) bond motifs is 3. The van der Waals surface area contributed by atoms with E-state index in [1.807, 2.05) is 37.3 Å². The molecule has 0 spiro atoms. The summed E-state index contributed by atoms with van der Waals surface area (Å²) in [5.41, 5.74) is 3.47. The Balaban J connectivity index is 1.63. The standard InChI is InChI=1S/C25H27N3OS3/c1-15-26-17(13-30-15)14-31-24-27-22-21(23(29)28(24)18-8-6-5-7-9-18)19-11-10-16(25(2,3)4)12-20(19)32-22/h5-9,13,16H,10-12,14H2,1-4H3/t16-/m1/s1. The summed E-state index contributed by atoms with van der Waals surface area (Å²) in [6.07, 6.45) is 3.14. The van der Waals surface area contributed by atoms with Gasteiger partial charge in [0.1, 0.15) is 4.83 Å². The Morgan fingerprint density at radius 2 is 1.97 bits per heavy atom. The number of thioether (sulfide) groups is 1. The molecule has 0 amide bonds. The molecule has 4 nitrogen and oxygen atoms in total. The molecule has 3 heterocycles. The lowest BCUT2D eigenvalue weighted by molar-refractivity contribution is 0.218. The van der Waals surface area contributed by atoms with E-state index < -0.39 is 0 Å². The van der Waals surface area contributed by atoms with Crippen molar-refractivity contribution in [2.24, 2.45) is 11.3 Å². The normalized spacial score (nSPS) is 16.4. The van der Waals surface area contributed by atoms with Crippen molar-refractivity contribution < 1.29 is 0 Å². The number of aryl methyl sites for hydroxylation is 2. The number of hydrogen-bond acceptors (Lipinski definition) is 6. The second-order valence-corrected chi connectivity index (χ2v) is 12.6. The highest BCUT2D eigenvalue weighted by atomic mass is 32.2. The van der Waals surface area contributed by atoms with Crippen LogP contribution >= 0.6 is 34.4 Å². The van der Waals surface area contributed by atoms with Crippen molar-refractivity contribution in [3.8, 4) is 5.69 Å². The van der Waals surface area contributed by atoms with Gasteiger partial charge in [-0.15, -0.1) is 22.7 Å². The first kappa shape index (κ1) is 21.9. The molecule has 5 rings (SSSR count). The predicted octanol–water partition coefficient (Wildman–Crippen LogP) is 6.66. The molecule has 32 heavy (non-hydrogen) atoms. The van der Waals surface area contributed by atoms with Gasteiger partial charge in [0.2, 0.25) is 0 Å². The van der Waals surface area contributed by atoms with Crippen LogP contribution in [0.1, 0.15) is 48.3 Å². The van der Waals surface area contributed by atoms with Gasteiger partial charge in [-0.05, 0) is 55.2 Å². The molecule has 0 unspecified atom stereocenters. The molecular formula is C25H27N3OS3. The Morgan fingerprint density at radius 1 is 1.19 bits per heavy atom. The first-order valence-electron chi connectivity index (χ1n) is 11.0. The molecule has 0 bridgehead atoms. The molecule has 4 aromatic rings. The average molecular weight is 482 g/mol. The van der Waals surface area contributed by atoms with E-state index >= 15 is 0 Å². The fourth-order valence-corrected chi connectivity index (χ4v) is 7.42. The third-order valence-electron chi connectivity index (χ3n) is 6.31. The van der Waals surface area contributed by atoms with Gasteiger partial charge in [-0.1, -0.05) is 50.7 Å². The number of rotatable bonds is 4. The minimum Gasteiger partial charge on any atom is -0.268 e. The highest BCUT2D eigenvalue weighted by Crippen LogP contribution is 2.42. The van der Waals surface area contributed by atoms with E-state index in [0.717, 1.165) is 51.0 Å². The second kappa shape index (κ2) is 8.43. The number of hydrogen-bond donors (Lipinski definition) is 0. The van der Waals surface area contributed by atoms with Crippen LogP contribution in [0, 0.1) is 18.3 Å². The largest absolute Gasteiger partial charge is 0.268 e. The molecule has 1 atom stereocenters. The minimum absolute atomic E-state index is 0.0601. The van der Waals surface area contributed by atoms with Crippen LogP contribution < -0.4 is 5.56 Å². The van der Waals surface area contributed by atoms with Crippen molar-refractivity contribution >= 4 is 44.7 Å². The minimum atomic E-state index is 0.0601. The van der Waals surface area contributed by atoms with Crippen LogP contribution in [0.15, 0.2) is 45.7 Å². The second-order valence-electron chi connectivity index (χ2n) is 9.51. The van der Waals surface area contributed by atoms with Gasteiger partial charge >= 0.3 is 0 Å². The summed E-state index contributed by atoms with van der Waals surface area (Å²) in [5.74, 6) is 1.34. The van der Waals surface area contributed by atoms with Gasteiger partial charge in [-0.3, -0.25) is 9.36 Å². The van der Waals surface area contributed by atoms with Crippen LogP contribution in [-0.2, 0) is 18.6 Å². The molecule has 1 aromatic carbocycles. The van der Waals surface area contributed by atoms with Crippen molar-refractivity contribution in [2.75, 3.05) is 0 Å². The number of nitrogens with zero attached hydrogens (tertiary/aromatic N) is 3. The molecular weight excluding hydrogens is 454 g/mol. The van der Waals surface area contributed by atoms with Crippen molar-refractivity contribution in [3.05, 3.63) is 67.2 Å². The predicted molar refractivity (Wildman–Crippen MR) is 137 cm³/mol. The number of aromatic nitrogens is 3. The zero-order chi connectivity index (χ0) is 22.5. The molecule has 0 N–H and O–H groups in total. The highest BCUT2D eigenvalue weighted by Gasteiger charge is 2.32. The van der Waals surface area contributed by atoms with Gasteiger partial charge in [0.25, 0.3) is 5.56 Å². The van der Waals surface area contributed by atoms with Crippen LogP contribution in [0.2, 0.25) is 0 Å². The molecule has 0 fully saturated rings. The molecule has 0 radical (unpaired) electrons. The summed E-state index contributed by atoms with van der Waals surface area (Å²) in [5, 5.41) is 4.71. The van der Waals surface area contributed by atoms with Crippen LogP contribution in [0.3, 0.4) is 0 Å². The number of thiazole rings is 1. The Morgan fingerprint density at radius 3 is 2.66 bits per heavy atom. The molecule has 1 aliphatic carbocycles. The molecule has 1 aliphatic rings. The maximum absolute atomic E-state index is 13.9. The third kappa shape index (κ3) is 4.06. The van der Waals surface area contributed by atoms with Gasteiger partial charge in [0.15, 0.2) is 5.16 Å². The SMILES string of the molecule is Cc1nc(CSc2nc3sc4c(c3c(=O)n2-c2ccccc2)CC[C@@H](C(C)(C)C)C4)cs1. The molecule has 0 saturated carbocycles. The van der Waals surface area contributed by atoms with Crippen LogP contribution in [0.5, 0.6) is 0 Å². The van der Waals surface area contributed by atoms with E-state index in [2.05, 4.69) is 31.1 Å². The Bertz CT molecular complexity index is 1330. The van der Waals surface area contributed by atoms with E-state index in [4.69, 9.17) is 4.98 Å². The van der Waals surface area contributed by atoms with E-state index in [1.54, 1.807) is 39.0 Å². The third-order valence-corrected chi connectivity index (χ3v) is 9.25. The Labute approximate surface area is 200 Å². The Kier molecular flexibility index (Phi) is 5.76. The van der Waals surface area contributed by atoms with Gasteiger partial charge in [-0.25, -0.2) is 9.97 Å². The summed E-state index contributed by atoms with van der Waals surface area (Å²) >= 11 is 4.97. The monoisotopic (exact) mass is 481 g/mol. The molecule has 3 aromatic heterocycles. The number of thiophene rings is 1. The quantitative estimate of drug-likeness (QED) is 0.242. The smallest absolute Gasteiger partial charge is 0.267 e. The summed E-state index contributed by atoms with van der Waals surface area (Å²) in [7, 11) is 0. The number of para-hydroxylation sites is 1. The fraction of sp³-hybridized carbons (Fsp3) is 0.400. The highest BCUT2D eigenvalue weighted by molar-refractivity contribution is 7.98. The van der Waals surface area contributed by atoms with Gasteiger partial charge in [0.05, 0.1) is 21.8 Å². The van der Waals surface area contributed by atoms with Crippen LogP contribution in [0.4, 0.5) is 0 Å². The summed E-state index contributed by atoms with van der Waals surface area (Å²) in [6, 6.07) is 9.90. The lowest BCUT2D eigenvalue weighted by Crippen LogP contribution is -2.27. The maximum Gasteiger partial charge on any atom is 0.267 e. The van der Waals surface area contributed by atoms with Crippen molar-refractivity contribution in [2.45, 2.75) is 57.9 Å². The fourth-order valence-electron chi connectivity index (χ4n) is 4.46. The molecule has 0 aliphatic heterocycles. The van der Waals surface area contributed by atoms with Gasteiger partial charge < -0.3 is 0 Å². The van der Waals surface area contributed by atoms with E-state index in [9.17, 15) is 4.79 Å². The zero-order valence-corrected chi connectivity index (χ0v) is 21.3. The van der Waals surface area contributed by atoms with Crippen LogP contribution in [-0.4, -0.2) is 14.5 Å². The topological polar surface area (TPSA) is 47.8 Å². The zero-order valence-electron chi connectivity index (χ0n) is 18.8. The molecule has 166 valence electrons. The Hall–Kier alpha value is -1.96. The lowest BCUT2D eigenvalue weighted by Gasteiger charge is -2.33. The first-order chi connectivity index (χ1) is 15.3. The molecule has 7 heteroatoms. The summed E-state index contributed by atoms with van der Waals surface area (Å²) in [4.78, 5) is 25.8. The summed E-state index contributed by atoms with van der Waals surface area (Å²) in [6.45, 7) is 8.99. The van der Waals surface area contributed by atoms with Crippen molar-refractivity contribution in [3.63, 3.8) is 0 Å². The van der Waals surface area contributed by atoms with Crippen molar-refractivity contribution in [1.29, 1.82) is 0 Å². The average Bonchev–Trinajstić information content (AvgIpc) is 3.34. The van der Waals surface area contributed by atoms with E-state index in [-0.39, 0.29) is 11.0 Å². The van der Waals surface area contributed by atoms with Crippen LogP contribution in [0.25, 0.3) is 15.9 Å². The van der Waals surface area contributed by atoms with E-state index in [0.29, 0.717) is 11.7 Å². The summed E-state index contributed by atoms with van der Waals surface area (Å²) < 4.78 is 1.80. The molecule has 0 saturated heterocycles. The van der Waals surface area contributed by atoms with Gasteiger partial charge in [-0.2, -0.15) is 0 Å². The maximum atomic E-state index is 13.9. The lowest BCUT2D eigenvalue weighted by atomic mass is 9.72. The van der Waals surface area contributed by atoms with E-state index in [1.165, 1.54) is 10.4 Å². The number of benzene rings is 1. The van der Waals surface area contributed by atoms with Gasteiger partial charge in [0, 0.05) is 16.0 Å².